The van der Waals surface area contributed by atoms with E-state index in [9.17, 15) is 8.78 Å². The Morgan fingerprint density at radius 1 is 1.04 bits per heavy atom. The Bertz CT molecular complexity index is 2130. The zero-order valence-electron chi connectivity index (χ0n) is 29.8. The van der Waals surface area contributed by atoms with Crippen molar-refractivity contribution in [3.05, 3.63) is 41.6 Å². The van der Waals surface area contributed by atoms with E-state index in [0.29, 0.717) is 32.4 Å². The summed E-state index contributed by atoms with van der Waals surface area (Å²) in [4.78, 5) is 16.3. The molecule has 2 aromatic carbocycles. The van der Waals surface area contributed by atoms with E-state index in [1.54, 1.807) is 9.80 Å². The number of methoxy groups -OCH3 is 1. The van der Waals surface area contributed by atoms with Gasteiger partial charge in [-0.05, 0) is 44.4 Å². The average Bonchev–Trinajstić information content (AvgIpc) is 3.43. The number of aromatic nitrogens is 3. The lowest BCUT2D eigenvalue weighted by atomic mass is 9.95. The van der Waals surface area contributed by atoms with Gasteiger partial charge in [-0.2, -0.15) is 14.4 Å². The third kappa shape index (κ3) is 4.65. The molecule has 14 heteroatoms. The molecule has 3 aliphatic heterocycles. The number of pyridine rings is 1. The molecule has 0 amide bonds. The Morgan fingerprint density at radius 2 is 1.89 bits per heavy atom. The molecule has 5 heterocycles. The molecule has 8 nitrogen and oxygen atoms in total. The first kappa shape index (κ1) is 25.0. The lowest BCUT2D eigenvalue weighted by Crippen LogP contribution is -2.43. The van der Waals surface area contributed by atoms with Crippen molar-refractivity contribution < 1.29 is 42.7 Å². The van der Waals surface area contributed by atoms with Crippen LogP contribution in [0.25, 0.3) is 32.9 Å². The number of halogens is 6. The smallest absolute Gasteiger partial charge is 0.319 e. The number of ether oxygens (including phenoxy) is 2. The molecule has 0 unspecified atom stereocenters. The van der Waals surface area contributed by atoms with Crippen LogP contribution in [0.15, 0.2) is 18.3 Å². The first-order valence-electron chi connectivity index (χ1n) is 18.0. The third-order valence-corrected chi connectivity index (χ3v) is 9.99. The Morgan fingerprint density at radius 3 is 2.72 bits per heavy atom. The molecule has 4 aliphatic rings. The van der Waals surface area contributed by atoms with E-state index < -0.39 is 100 Å². The molecule has 2 aromatic heterocycles. The highest BCUT2D eigenvalue weighted by Gasteiger charge is 2.56. The summed E-state index contributed by atoms with van der Waals surface area (Å²) in [6.07, 6.45) is 1.32. The van der Waals surface area contributed by atoms with E-state index in [1.165, 1.54) is 0 Å². The van der Waals surface area contributed by atoms with Crippen LogP contribution in [0.4, 0.5) is 37.8 Å². The lowest BCUT2D eigenvalue weighted by Gasteiger charge is -2.31. The minimum atomic E-state index is -3.35. The first-order valence-corrected chi connectivity index (χ1v) is 15.5. The Balaban J connectivity index is 1.34. The molecule has 1 saturated carbocycles. The van der Waals surface area contributed by atoms with E-state index in [2.05, 4.69) is 15.0 Å². The largest absolute Gasteiger partial charge is 0.493 e. The highest BCUT2D eigenvalue weighted by atomic mass is 19.2. The van der Waals surface area contributed by atoms with Crippen molar-refractivity contribution in [1.82, 2.24) is 19.9 Å². The summed E-state index contributed by atoms with van der Waals surface area (Å²) in [7, 11) is -3.35. The fourth-order valence-electron chi connectivity index (χ4n) is 7.77. The van der Waals surface area contributed by atoms with Gasteiger partial charge < -0.3 is 20.1 Å². The highest BCUT2D eigenvalue weighted by Crippen LogP contribution is 2.49. The Labute approximate surface area is 272 Å². The van der Waals surface area contributed by atoms with Crippen LogP contribution in [-0.4, -0.2) is 77.0 Å². The molecule has 0 spiro atoms. The summed E-state index contributed by atoms with van der Waals surface area (Å²) in [5.41, 5.74) is 2.72. The number of alkyl halides is 2. The van der Waals surface area contributed by atoms with Gasteiger partial charge in [-0.3, -0.25) is 9.88 Å². The number of anilines is 2. The summed E-state index contributed by atoms with van der Waals surface area (Å²) in [6, 6.07) is 0.690. The van der Waals surface area contributed by atoms with Crippen LogP contribution in [0, 0.1) is 29.2 Å². The number of benzene rings is 2. The fraction of sp³-hybridized carbons (Fsp3) is 0.485. The molecule has 4 aromatic rings. The second kappa shape index (κ2) is 11.0. The second-order valence-corrected chi connectivity index (χ2v) is 12.8. The molecular formula is C33H32F6N6O2. The predicted molar refractivity (Wildman–Crippen MR) is 163 cm³/mol. The normalized spacial score (nSPS) is 29.4. The van der Waals surface area contributed by atoms with Gasteiger partial charge in [0.05, 0.1) is 30.9 Å². The van der Waals surface area contributed by atoms with Crippen LogP contribution in [0.1, 0.15) is 45.4 Å². The van der Waals surface area contributed by atoms with Gasteiger partial charge >= 0.3 is 6.01 Å². The van der Waals surface area contributed by atoms with Gasteiger partial charge in [-0.15, -0.1) is 0 Å². The summed E-state index contributed by atoms with van der Waals surface area (Å²) in [5.74, 6) is -8.59. The maximum atomic E-state index is 17.0. The molecule has 1 aliphatic carbocycles. The van der Waals surface area contributed by atoms with Gasteiger partial charge in [0.25, 0.3) is 0 Å². The van der Waals surface area contributed by atoms with Crippen LogP contribution in [0.5, 0.6) is 11.8 Å². The van der Waals surface area contributed by atoms with E-state index in [4.69, 9.17) is 22.1 Å². The van der Waals surface area contributed by atoms with Gasteiger partial charge in [-0.25, -0.2) is 22.0 Å². The maximum Gasteiger partial charge on any atom is 0.319 e. The predicted octanol–water partition coefficient (Wildman–Crippen LogP) is 6.27. The van der Waals surface area contributed by atoms with Crippen molar-refractivity contribution in [2.75, 3.05) is 43.9 Å². The van der Waals surface area contributed by atoms with Crippen molar-refractivity contribution in [2.45, 2.75) is 62.4 Å². The Hall–Kier alpha value is -4.07. The van der Waals surface area contributed by atoms with Crippen LogP contribution in [-0.2, 0) is 0 Å². The number of nitrogen functional groups attached to an aromatic ring is 1. The third-order valence-electron chi connectivity index (χ3n) is 9.99. The molecule has 8 rings (SSSR count). The fourth-order valence-corrected chi connectivity index (χ4v) is 7.77. The van der Waals surface area contributed by atoms with E-state index in [0.717, 1.165) is 24.8 Å². The number of nitrogens with two attached hydrogens (primary N) is 1. The highest BCUT2D eigenvalue weighted by molar-refractivity contribution is 6.04. The van der Waals surface area contributed by atoms with Crippen molar-refractivity contribution in [3.8, 4) is 23.0 Å². The molecule has 0 bridgehead atoms. The summed E-state index contributed by atoms with van der Waals surface area (Å²) in [6.45, 7) is -1.81. The molecule has 5 atom stereocenters. The van der Waals surface area contributed by atoms with E-state index in [1.807, 2.05) is 0 Å². The standard InChI is InChI=1S/C33H32F6N6O2/c1-46-30-21-18(22(35)24(37)25(30)38)9-16(40)10-19(21)27-26(39)28-20(12-41-27)31(45-8-3-2-5-17-23(36)29(17)45)43-32(42-28)47-14-33-6-4-7-44(33)13-15(34)11-33/h9-10,12,15,17,23,29H,2-8,11,13-14,40H2,1H3/t15-,17+,23+,29+,33+/m1/s1/i1D3,14D2. The van der Waals surface area contributed by atoms with Crippen molar-refractivity contribution in [3.63, 3.8) is 0 Å². The maximum absolute atomic E-state index is 17.0. The topological polar surface area (TPSA) is 89.6 Å². The first-order chi connectivity index (χ1) is 24.5. The van der Waals surface area contributed by atoms with Gasteiger partial charge in [-0.1, -0.05) is 6.42 Å². The molecule has 47 heavy (non-hydrogen) atoms. The van der Waals surface area contributed by atoms with Crippen molar-refractivity contribution in [1.29, 1.82) is 0 Å². The van der Waals surface area contributed by atoms with Gasteiger partial charge in [0.1, 0.15) is 35.9 Å². The van der Waals surface area contributed by atoms with Gasteiger partial charge in [0.2, 0.25) is 5.82 Å². The van der Waals surface area contributed by atoms with E-state index >= 15 is 17.6 Å². The molecule has 2 N–H and O–H groups in total. The second-order valence-electron chi connectivity index (χ2n) is 12.8. The zero-order chi connectivity index (χ0) is 37.1. The molecule has 0 radical (unpaired) electrons. The van der Waals surface area contributed by atoms with Crippen molar-refractivity contribution in [2.24, 2.45) is 5.92 Å². The summed E-state index contributed by atoms with van der Waals surface area (Å²) < 4.78 is 143. The average molecular weight is 664 g/mol. The van der Waals surface area contributed by atoms with Crippen LogP contribution in [0.3, 0.4) is 0 Å². The number of fused-ring (bicyclic) bond motifs is 4. The number of rotatable bonds is 6. The molecular weight excluding hydrogens is 626 g/mol. The summed E-state index contributed by atoms with van der Waals surface area (Å²) >= 11 is 0. The lowest BCUT2D eigenvalue weighted by molar-refractivity contribution is 0.107. The zero-order valence-corrected chi connectivity index (χ0v) is 24.8. The SMILES string of the molecule is [2H]C([2H])([2H])Oc1c(F)c(F)c(F)c2cc(N)cc(-c3ncc4c(N5CCCC[C@H]6[C@H](F)[C@H]65)nc(OC([2H])([2H])[C@@]56CCCN5C[C@H](F)C6)nc4c3F)c12. The van der Waals surface area contributed by atoms with E-state index in [-0.39, 0.29) is 42.2 Å². The minimum Gasteiger partial charge on any atom is -0.493 e. The summed E-state index contributed by atoms with van der Waals surface area (Å²) in [5, 5.41) is -1.45. The molecule has 248 valence electrons. The minimum absolute atomic E-state index is 0.00406. The van der Waals surface area contributed by atoms with Crippen LogP contribution in [0.2, 0.25) is 0 Å². The monoisotopic (exact) mass is 663 g/mol. The number of nitrogens with zero attached hydrogens (tertiary/aromatic N) is 5. The quantitative estimate of drug-likeness (QED) is 0.147. The number of hydrogen-bond donors (Lipinski definition) is 1. The van der Waals surface area contributed by atoms with Gasteiger partial charge in [0.15, 0.2) is 23.2 Å². The molecule has 4 fully saturated rings. The van der Waals surface area contributed by atoms with Crippen LogP contribution >= 0.6 is 0 Å². The Kier molecular flexibility index (Phi) is 5.85. The number of hydrogen-bond acceptors (Lipinski definition) is 8. The van der Waals surface area contributed by atoms with Crippen molar-refractivity contribution >= 4 is 33.2 Å². The van der Waals surface area contributed by atoms with Gasteiger partial charge in [0, 0.05) is 53.6 Å². The van der Waals surface area contributed by atoms with Crippen LogP contribution < -0.4 is 20.1 Å². The molecule has 3 saturated heterocycles.